The molecule has 1 aliphatic rings. The van der Waals surface area contributed by atoms with E-state index >= 15 is 0 Å². The molecular weight excluding hydrogens is 218 g/mol. The van der Waals surface area contributed by atoms with Crippen LogP contribution in [-0.4, -0.2) is 33.2 Å². The van der Waals surface area contributed by atoms with Crippen LogP contribution in [0.25, 0.3) is 0 Å². The fraction of sp³-hybridized carbons (Fsp3) is 0.538. The predicted molar refractivity (Wildman–Crippen MR) is 66.5 cm³/mol. The Bertz CT molecular complexity index is 362. The Morgan fingerprint density at radius 2 is 2.35 bits per heavy atom. The summed E-state index contributed by atoms with van der Waals surface area (Å²) in [6, 6.07) is 6.09. The van der Waals surface area contributed by atoms with Crippen LogP contribution in [0.1, 0.15) is 12.0 Å². The first-order chi connectivity index (χ1) is 8.29. The van der Waals surface area contributed by atoms with E-state index in [-0.39, 0.29) is 6.10 Å². The zero-order valence-corrected chi connectivity index (χ0v) is 10.4. The van der Waals surface area contributed by atoms with Crippen molar-refractivity contribution >= 4 is 5.69 Å². The molecule has 0 amide bonds. The SMILES string of the molecule is COc1ccc(C)cc1NCC1CCOCO1. The molecule has 1 unspecified atom stereocenters. The number of nitrogens with one attached hydrogen (secondary N) is 1. The zero-order chi connectivity index (χ0) is 12.1. The first kappa shape index (κ1) is 12.2. The molecule has 1 aromatic rings. The first-order valence-corrected chi connectivity index (χ1v) is 5.87. The monoisotopic (exact) mass is 237 g/mol. The standard InChI is InChI=1S/C13H19NO3/c1-10-3-4-13(15-2)12(7-10)14-8-11-5-6-16-9-17-11/h3-4,7,11,14H,5-6,8-9H2,1-2H3. The van der Waals surface area contributed by atoms with Crippen molar-refractivity contribution in [3.05, 3.63) is 23.8 Å². The van der Waals surface area contributed by atoms with E-state index in [1.54, 1.807) is 7.11 Å². The molecule has 1 fully saturated rings. The number of methoxy groups -OCH3 is 1. The van der Waals surface area contributed by atoms with Crippen molar-refractivity contribution in [1.29, 1.82) is 0 Å². The minimum Gasteiger partial charge on any atom is -0.495 e. The first-order valence-electron chi connectivity index (χ1n) is 5.87. The van der Waals surface area contributed by atoms with Crippen LogP contribution in [0.5, 0.6) is 5.75 Å². The van der Waals surface area contributed by atoms with E-state index in [1.165, 1.54) is 5.56 Å². The van der Waals surface area contributed by atoms with Gasteiger partial charge in [0, 0.05) is 6.54 Å². The second-order valence-corrected chi connectivity index (χ2v) is 4.19. The van der Waals surface area contributed by atoms with E-state index in [9.17, 15) is 0 Å². The highest BCUT2D eigenvalue weighted by molar-refractivity contribution is 5.58. The van der Waals surface area contributed by atoms with Crippen molar-refractivity contribution in [3.8, 4) is 5.75 Å². The van der Waals surface area contributed by atoms with E-state index in [0.29, 0.717) is 6.79 Å². The topological polar surface area (TPSA) is 39.7 Å². The molecular formula is C13H19NO3. The second kappa shape index (κ2) is 5.89. The van der Waals surface area contributed by atoms with E-state index < -0.39 is 0 Å². The fourth-order valence-corrected chi connectivity index (χ4v) is 1.85. The molecule has 1 heterocycles. The van der Waals surface area contributed by atoms with Crippen LogP contribution in [0.2, 0.25) is 0 Å². The van der Waals surface area contributed by atoms with E-state index in [4.69, 9.17) is 14.2 Å². The van der Waals surface area contributed by atoms with Gasteiger partial charge in [-0.2, -0.15) is 0 Å². The molecule has 94 valence electrons. The molecule has 4 nitrogen and oxygen atoms in total. The third-order valence-corrected chi connectivity index (χ3v) is 2.85. The number of benzene rings is 1. The average Bonchev–Trinajstić information content (AvgIpc) is 2.38. The maximum atomic E-state index is 5.48. The number of rotatable bonds is 4. The quantitative estimate of drug-likeness (QED) is 0.871. The van der Waals surface area contributed by atoms with Crippen molar-refractivity contribution in [2.75, 3.05) is 32.4 Å². The summed E-state index contributed by atoms with van der Waals surface area (Å²) in [6.07, 6.45) is 1.15. The van der Waals surface area contributed by atoms with E-state index in [2.05, 4.69) is 18.3 Å². The summed E-state index contributed by atoms with van der Waals surface area (Å²) in [5.41, 5.74) is 2.23. The minimum absolute atomic E-state index is 0.217. The van der Waals surface area contributed by atoms with Crippen LogP contribution in [-0.2, 0) is 9.47 Å². The Morgan fingerprint density at radius 3 is 3.06 bits per heavy atom. The Balaban J connectivity index is 1.95. The normalized spacial score (nSPS) is 20.0. The molecule has 0 aromatic heterocycles. The molecule has 0 bridgehead atoms. The molecule has 17 heavy (non-hydrogen) atoms. The lowest BCUT2D eigenvalue weighted by atomic mass is 10.2. The van der Waals surface area contributed by atoms with Crippen molar-refractivity contribution in [2.24, 2.45) is 0 Å². The minimum atomic E-state index is 0.217. The Morgan fingerprint density at radius 1 is 1.47 bits per heavy atom. The van der Waals surface area contributed by atoms with Gasteiger partial charge in [0.25, 0.3) is 0 Å². The Labute approximate surface area is 102 Å². The van der Waals surface area contributed by atoms with Crippen LogP contribution < -0.4 is 10.1 Å². The number of aryl methyl sites for hydroxylation is 1. The zero-order valence-electron chi connectivity index (χ0n) is 10.4. The van der Waals surface area contributed by atoms with Gasteiger partial charge in [-0.1, -0.05) is 6.07 Å². The van der Waals surface area contributed by atoms with Crippen LogP contribution in [0.4, 0.5) is 5.69 Å². The molecule has 1 aromatic carbocycles. The summed E-state index contributed by atoms with van der Waals surface area (Å²) in [7, 11) is 1.68. The molecule has 0 spiro atoms. The maximum Gasteiger partial charge on any atom is 0.147 e. The average molecular weight is 237 g/mol. The lowest BCUT2D eigenvalue weighted by Gasteiger charge is -2.23. The highest BCUT2D eigenvalue weighted by Gasteiger charge is 2.14. The predicted octanol–water partition coefficient (Wildman–Crippen LogP) is 2.18. The highest BCUT2D eigenvalue weighted by Crippen LogP contribution is 2.25. The second-order valence-electron chi connectivity index (χ2n) is 4.19. The fourth-order valence-electron chi connectivity index (χ4n) is 1.85. The molecule has 1 N–H and O–H groups in total. The summed E-state index contributed by atoms with van der Waals surface area (Å²) >= 11 is 0. The lowest BCUT2D eigenvalue weighted by molar-refractivity contribution is -0.133. The summed E-state index contributed by atoms with van der Waals surface area (Å²) in [5, 5.41) is 3.37. The van der Waals surface area contributed by atoms with Gasteiger partial charge < -0.3 is 19.5 Å². The molecule has 0 saturated carbocycles. The van der Waals surface area contributed by atoms with Crippen LogP contribution in [0.15, 0.2) is 18.2 Å². The largest absolute Gasteiger partial charge is 0.495 e. The van der Waals surface area contributed by atoms with Crippen LogP contribution in [0, 0.1) is 6.92 Å². The van der Waals surface area contributed by atoms with Crippen molar-refractivity contribution in [2.45, 2.75) is 19.4 Å². The summed E-state index contributed by atoms with van der Waals surface area (Å²) in [6.45, 7) is 4.02. The third kappa shape index (κ3) is 3.35. The van der Waals surface area contributed by atoms with Crippen LogP contribution >= 0.6 is 0 Å². The van der Waals surface area contributed by atoms with Gasteiger partial charge in [0.15, 0.2) is 0 Å². The maximum absolute atomic E-state index is 5.48. The number of hydrogen-bond acceptors (Lipinski definition) is 4. The lowest BCUT2D eigenvalue weighted by Crippen LogP contribution is -2.30. The molecule has 0 radical (unpaired) electrons. The number of hydrogen-bond donors (Lipinski definition) is 1. The van der Waals surface area contributed by atoms with Gasteiger partial charge in [-0.15, -0.1) is 0 Å². The number of ether oxygens (including phenoxy) is 3. The summed E-state index contributed by atoms with van der Waals surface area (Å²) in [4.78, 5) is 0. The molecule has 0 aliphatic carbocycles. The van der Waals surface area contributed by atoms with Gasteiger partial charge in [-0.3, -0.25) is 0 Å². The summed E-state index contributed by atoms with van der Waals surface area (Å²) in [5.74, 6) is 0.864. The molecule has 2 rings (SSSR count). The molecule has 1 aliphatic heterocycles. The summed E-state index contributed by atoms with van der Waals surface area (Å²) < 4.78 is 15.9. The Hall–Kier alpha value is -1.26. The molecule has 1 atom stereocenters. The van der Waals surface area contributed by atoms with Gasteiger partial charge in [0.2, 0.25) is 0 Å². The van der Waals surface area contributed by atoms with Gasteiger partial charge in [-0.05, 0) is 31.0 Å². The smallest absolute Gasteiger partial charge is 0.147 e. The van der Waals surface area contributed by atoms with Gasteiger partial charge in [-0.25, -0.2) is 0 Å². The van der Waals surface area contributed by atoms with Gasteiger partial charge in [0.1, 0.15) is 12.5 Å². The van der Waals surface area contributed by atoms with Crippen molar-refractivity contribution in [3.63, 3.8) is 0 Å². The third-order valence-electron chi connectivity index (χ3n) is 2.85. The molecule has 1 saturated heterocycles. The van der Waals surface area contributed by atoms with Crippen molar-refractivity contribution < 1.29 is 14.2 Å². The highest BCUT2D eigenvalue weighted by atomic mass is 16.7. The van der Waals surface area contributed by atoms with Gasteiger partial charge >= 0.3 is 0 Å². The molecule has 4 heteroatoms. The van der Waals surface area contributed by atoms with Gasteiger partial charge in [0.05, 0.1) is 25.5 Å². The number of anilines is 1. The van der Waals surface area contributed by atoms with E-state index in [1.807, 2.05) is 12.1 Å². The van der Waals surface area contributed by atoms with E-state index in [0.717, 1.165) is 31.0 Å². The Kier molecular flexibility index (Phi) is 4.23. The van der Waals surface area contributed by atoms with Crippen LogP contribution in [0.3, 0.4) is 0 Å². The van der Waals surface area contributed by atoms with Crippen molar-refractivity contribution in [1.82, 2.24) is 0 Å².